The first-order valence-corrected chi connectivity index (χ1v) is 10.4. The molecular weight excluding hydrogens is 385 g/mol. The zero-order valence-corrected chi connectivity index (χ0v) is 16.1. The monoisotopic (exact) mass is 410 g/mol. The smallest absolute Gasteiger partial charge is 0.422 e. The minimum atomic E-state index is -4.42. The van der Waals surface area contributed by atoms with E-state index in [-0.39, 0.29) is 11.9 Å². The van der Waals surface area contributed by atoms with Crippen LogP contribution in [0.2, 0.25) is 0 Å². The lowest BCUT2D eigenvalue weighted by atomic mass is 9.86. The summed E-state index contributed by atoms with van der Waals surface area (Å²) in [5.74, 6) is 0.639. The van der Waals surface area contributed by atoms with Crippen LogP contribution in [0.15, 0.2) is 12.1 Å². The number of rotatable bonds is 8. The number of alkyl halides is 3. The van der Waals surface area contributed by atoms with Crippen molar-refractivity contribution in [3.8, 4) is 5.88 Å². The fraction of sp³-hybridized carbons (Fsp3) is 0.750. The Balaban J connectivity index is 1.72. The standard InChI is InChI=1S/C16H25F3N4O3S/c1-11(2)27(24,25)23-13-5-3-12(4-6-13)9-20-14-7-8-15(22-21-14)26-10-16(17,18)19/h7-8,11-13,23H,3-6,9-10H2,1-2H3,(H,20,21)/t12-,13-. The molecule has 0 aromatic carbocycles. The van der Waals surface area contributed by atoms with E-state index in [0.29, 0.717) is 18.3 Å². The first-order chi connectivity index (χ1) is 12.5. The van der Waals surface area contributed by atoms with E-state index in [0.717, 1.165) is 25.7 Å². The number of sulfonamides is 1. The van der Waals surface area contributed by atoms with Gasteiger partial charge in [-0.1, -0.05) is 0 Å². The molecule has 0 radical (unpaired) electrons. The Morgan fingerprint density at radius 3 is 2.37 bits per heavy atom. The van der Waals surface area contributed by atoms with Gasteiger partial charge in [-0.05, 0) is 51.5 Å². The maximum Gasteiger partial charge on any atom is 0.422 e. The van der Waals surface area contributed by atoms with Gasteiger partial charge in [-0.3, -0.25) is 0 Å². The second-order valence-electron chi connectivity index (χ2n) is 6.97. The Labute approximate surface area is 157 Å². The molecule has 11 heteroatoms. The molecule has 0 saturated heterocycles. The van der Waals surface area contributed by atoms with Gasteiger partial charge in [0.1, 0.15) is 5.82 Å². The van der Waals surface area contributed by atoms with Gasteiger partial charge in [0.05, 0.1) is 5.25 Å². The van der Waals surface area contributed by atoms with Crippen LogP contribution in [0.4, 0.5) is 19.0 Å². The van der Waals surface area contributed by atoms with Gasteiger partial charge in [0.2, 0.25) is 15.9 Å². The number of nitrogens with zero attached hydrogens (tertiary/aromatic N) is 2. The molecule has 1 aromatic rings. The van der Waals surface area contributed by atoms with Gasteiger partial charge in [0.25, 0.3) is 0 Å². The van der Waals surface area contributed by atoms with E-state index in [4.69, 9.17) is 0 Å². The SMILES string of the molecule is CC(C)S(=O)(=O)N[C@H]1CC[C@H](CNc2ccc(OCC(F)(F)F)nn2)CC1. The fourth-order valence-corrected chi connectivity index (χ4v) is 3.72. The molecule has 7 nitrogen and oxygen atoms in total. The van der Waals surface area contributed by atoms with Crippen molar-refractivity contribution >= 4 is 15.8 Å². The van der Waals surface area contributed by atoms with Gasteiger partial charge in [-0.2, -0.15) is 13.2 Å². The third kappa shape index (κ3) is 7.49. The van der Waals surface area contributed by atoms with Crippen molar-refractivity contribution in [1.82, 2.24) is 14.9 Å². The van der Waals surface area contributed by atoms with Crippen LogP contribution < -0.4 is 14.8 Å². The Morgan fingerprint density at radius 1 is 1.19 bits per heavy atom. The van der Waals surface area contributed by atoms with Crippen LogP contribution in [-0.2, 0) is 10.0 Å². The Bertz CT molecular complexity index is 688. The molecule has 2 rings (SSSR count). The lowest BCUT2D eigenvalue weighted by Crippen LogP contribution is -2.41. The first-order valence-electron chi connectivity index (χ1n) is 8.83. The summed E-state index contributed by atoms with van der Waals surface area (Å²) in [4.78, 5) is 0. The van der Waals surface area contributed by atoms with Crippen LogP contribution >= 0.6 is 0 Å². The molecule has 1 saturated carbocycles. The highest BCUT2D eigenvalue weighted by molar-refractivity contribution is 7.90. The average molecular weight is 410 g/mol. The normalized spacial score (nSPS) is 21.3. The Morgan fingerprint density at radius 2 is 1.85 bits per heavy atom. The van der Waals surface area contributed by atoms with E-state index >= 15 is 0 Å². The summed E-state index contributed by atoms with van der Waals surface area (Å²) < 4.78 is 67.3. The van der Waals surface area contributed by atoms with Crippen LogP contribution in [0, 0.1) is 5.92 Å². The van der Waals surface area contributed by atoms with Crippen LogP contribution in [0.1, 0.15) is 39.5 Å². The summed E-state index contributed by atoms with van der Waals surface area (Å²) in [7, 11) is -3.25. The van der Waals surface area contributed by atoms with E-state index in [1.165, 1.54) is 12.1 Å². The Hall–Kier alpha value is -1.62. The predicted octanol–water partition coefficient (Wildman–Crippen LogP) is 2.72. The number of aromatic nitrogens is 2. The largest absolute Gasteiger partial charge is 0.467 e. The number of nitrogens with one attached hydrogen (secondary N) is 2. The van der Waals surface area contributed by atoms with E-state index in [9.17, 15) is 21.6 Å². The molecule has 27 heavy (non-hydrogen) atoms. The minimum Gasteiger partial charge on any atom is -0.467 e. The van der Waals surface area contributed by atoms with Gasteiger partial charge in [0, 0.05) is 18.7 Å². The van der Waals surface area contributed by atoms with E-state index in [2.05, 4.69) is 25.0 Å². The predicted molar refractivity (Wildman–Crippen MR) is 95.0 cm³/mol. The van der Waals surface area contributed by atoms with Crippen molar-refractivity contribution in [3.05, 3.63) is 12.1 Å². The van der Waals surface area contributed by atoms with Gasteiger partial charge < -0.3 is 10.1 Å². The highest BCUT2D eigenvalue weighted by Gasteiger charge is 2.29. The van der Waals surface area contributed by atoms with Crippen LogP contribution in [-0.4, -0.2) is 49.2 Å². The topological polar surface area (TPSA) is 93.2 Å². The summed E-state index contributed by atoms with van der Waals surface area (Å²) in [6.45, 7) is 2.54. The molecule has 2 N–H and O–H groups in total. The third-order valence-electron chi connectivity index (χ3n) is 4.39. The Kier molecular flexibility index (Phi) is 7.26. The summed E-state index contributed by atoms with van der Waals surface area (Å²) in [5.41, 5.74) is 0. The molecule has 0 amide bonds. The van der Waals surface area contributed by atoms with Crippen LogP contribution in [0.3, 0.4) is 0 Å². The van der Waals surface area contributed by atoms with Gasteiger partial charge in [-0.25, -0.2) is 13.1 Å². The lowest BCUT2D eigenvalue weighted by molar-refractivity contribution is -0.154. The molecular formula is C16H25F3N4O3S. The molecule has 1 heterocycles. The van der Waals surface area contributed by atoms with Crippen LogP contribution in [0.5, 0.6) is 5.88 Å². The van der Waals surface area contributed by atoms with Crippen LogP contribution in [0.25, 0.3) is 0 Å². The lowest BCUT2D eigenvalue weighted by Gasteiger charge is -2.29. The number of anilines is 1. The third-order valence-corrected chi connectivity index (χ3v) is 6.30. The van der Waals surface area contributed by atoms with Crippen molar-refractivity contribution in [3.63, 3.8) is 0 Å². The molecule has 0 unspecified atom stereocenters. The summed E-state index contributed by atoms with van der Waals surface area (Å²) >= 11 is 0. The summed E-state index contributed by atoms with van der Waals surface area (Å²) in [6, 6.07) is 2.82. The number of ether oxygens (including phenoxy) is 1. The zero-order chi connectivity index (χ0) is 20.1. The first kappa shape index (κ1) is 21.7. The van der Waals surface area contributed by atoms with E-state index < -0.39 is 28.1 Å². The molecule has 1 aliphatic carbocycles. The number of halogens is 3. The average Bonchev–Trinajstić information content (AvgIpc) is 2.59. The van der Waals surface area contributed by atoms with Gasteiger partial charge in [0.15, 0.2) is 6.61 Å². The number of hydrogen-bond donors (Lipinski definition) is 2. The van der Waals surface area contributed by atoms with Crippen molar-refractivity contribution in [1.29, 1.82) is 0 Å². The second-order valence-corrected chi connectivity index (χ2v) is 9.24. The molecule has 0 bridgehead atoms. The van der Waals surface area contributed by atoms with Crippen molar-refractivity contribution < 1.29 is 26.3 Å². The van der Waals surface area contributed by atoms with Gasteiger partial charge in [-0.15, -0.1) is 10.2 Å². The molecule has 0 spiro atoms. The van der Waals surface area contributed by atoms with E-state index in [1.807, 2.05) is 0 Å². The van der Waals surface area contributed by atoms with E-state index in [1.54, 1.807) is 13.8 Å². The van der Waals surface area contributed by atoms with Crippen molar-refractivity contribution in [2.75, 3.05) is 18.5 Å². The second kappa shape index (κ2) is 9.05. The number of hydrogen-bond acceptors (Lipinski definition) is 6. The maximum absolute atomic E-state index is 12.1. The quantitative estimate of drug-likeness (QED) is 0.685. The summed E-state index contributed by atoms with van der Waals surface area (Å²) in [5, 5.41) is 10.1. The zero-order valence-electron chi connectivity index (χ0n) is 15.3. The van der Waals surface area contributed by atoms with Gasteiger partial charge >= 0.3 is 6.18 Å². The molecule has 1 aliphatic rings. The highest BCUT2D eigenvalue weighted by Crippen LogP contribution is 2.25. The maximum atomic E-state index is 12.1. The summed E-state index contributed by atoms with van der Waals surface area (Å²) in [6.07, 6.45) is -1.12. The molecule has 0 aliphatic heterocycles. The molecule has 154 valence electrons. The fourth-order valence-electron chi connectivity index (χ4n) is 2.75. The highest BCUT2D eigenvalue weighted by atomic mass is 32.2. The van der Waals surface area contributed by atoms with Crippen molar-refractivity contribution in [2.24, 2.45) is 5.92 Å². The molecule has 0 atom stereocenters. The molecule has 1 fully saturated rings. The molecule has 1 aromatic heterocycles. The minimum absolute atomic E-state index is 0.0292. The van der Waals surface area contributed by atoms with Crippen molar-refractivity contribution in [2.45, 2.75) is 57.0 Å².